The van der Waals surface area contributed by atoms with Crippen molar-refractivity contribution in [3.05, 3.63) is 28.8 Å². The maximum absolute atomic E-state index is 6.11. The minimum absolute atomic E-state index is 0.374. The molecule has 0 radical (unpaired) electrons. The molecular weight excluding hydrogens is 240 g/mol. The quantitative estimate of drug-likeness (QED) is 0.604. The summed E-state index contributed by atoms with van der Waals surface area (Å²) < 4.78 is 0. The van der Waals surface area contributed by atoms with Gasteiger partial charge in [-0.25, -0.2) is 0 Å². The van der Waals surface area contributed by atoms with Crippen LogP contribution >= 0.6 is 23.8 Å². The van der Waals surface area contributed by atoms with E-state index < -0.39 is 0 Å². The predicted molar refractivity (Wildman–Crippen MR) is 75.4 cm³/mol. The van der Waals surface area contributed by atoms with Crippen LogP contribution < -0.4 is 11.1 Å². The number of thiocarbonyl (C=S) groups is 1. The average Bonchev–Trinajstić information content (AvgIpc) is 2.26. The highest BCUT2D eigenvalue weighted by atomic mass is 35.5. The van der Waals surface area contributed by atoms with E-state index in [1.54, 1.807) is 6.07 Å². The number of rotatable bonds is 6. The standard InChI is InChI=1S/C12H17ClN2S/c1-2-3-4-7-15-11-6-5-9(12(14)16)8-10(11)13/h5-6,8,15H,2-4,7H2,1H3,(H2,14,16). The van der Waals surface area contributed by atoms with Crippen LogP contribution in [0.25, 0.3) is 0 Å². The van der Waals surface area contributed by atoms with Crippen LogP contribution in [0, 0.1) is 0 Å². The van der Waals surface area contributed by atoms with Crippen molar-refractivity contribution in [2.24, 2.45) is 5.73 Å². The zero-order chi connectivity index (χ0) is 12.0. The third-order valence-corrected chi connectivity index (χ3v) is 2.90. The van der Waals surface area contributed by atoms with E-state index >= 15 is 0 Å². The molecule has 0 aliphatic heterocycles. The van der Waals surface area contributed by atoms with Gasteiger partial charge in [-0.1, -0.05) is 43.6 Å². The molecule has 16 heavy (non-hydrogen) atoms. The van der Waals surface area contributed by atoms with Crippen molar-refractivity contribution in [2.75, 3.05) is 11.9 Å². The second-order valence-electron chi connectivity index (χ2n) is 3.69. The lowest BCUT2D eigenvalue weighted by molar-refractivity contribution is 0.744. The van der Waals surface area contributed by atoms with Gasteiger partial charge in [0.05, 0.1) is 10.7 Å². The Bertz CT molecular complexity index is 366. The van der Waals surface area contributed by atoms with E-state index in [-0.39, 0.29) is 0 Å². The summed E-state index contributed by atoms with van der Waals surface area (Å²) in [6, 6.07) is 5.60. The number of nitrogens with one attached hydrogen (secondary N) is 1. The third kappa shape index (κ3) is 3.99. The summed E-state index contributed by atoms with van der Waals surface area (Å²) in [7, 11) is 0. The van der Waals surface area contributed by atoms with E-state index in [0.717, 1.165) is 24.2 Å². The molecular formula is C12H17ClN2S. The van der Waals surface area contributed by atoms with Crippen LogP contribution in [0.5, 0.6) is 0 Å². The predicted octanol–water partition coefficient (Wildman–Crippen LogP) is 3.58. The fourth-order valence-corrected chi connectivity index (χ4v) is 1.78. The van der Waals surface area contributed by atoms with E-state index in [1.165, 1.54) is 12.8 Å². The SMILES string of the molecule is CCCCCNc1ccc(C(N)=S)cc1Cl. The zero-order valence-electron chi connectivity index (χ0n) is 9.42. The van der Waals surface area contributed by atoms with Crippen molar-refractivity contribution in [3.63, 3.8) is 0 Å². The number of benzene rings is 1. The molecule has 1 aromatic rings. The Labute approximate surface area is 107 Å². The summed E-state index contributed by atoms with van der Waals surface area (Å²) in [5, 5.41) is 3.97. The highest BCUT2D eigenvalue weighted by molar-refractivity contribution is 7.80. The highest BCUT2D eigenvalue weighted by Gasteiger charge is 2.02. The number of anilines is 1. The molecule has 0 aromatic heterocycles. The lowest BCUT2D eigenvalue weighted by atomic mass is 10.2. The molecule has 0 unspecified atom stereocenters. The van der Waals surface area contributed by atoms with Gasteiger partial charge < -0.3 is 11.1 Å². The number of nitrogens with two attached hydrogens (primary N) is 1. The van der Waals surface area contributed by atoms with Gasteiger partial charge in [0.1, 0.15) is 4.99 Å². The third-order valence-electron chi connectivity index (χ3n) is 2.35. The minimum Gasteiger partial charge on any atom is -0.389 e. The van der Waals surface area contributed by atoms with Gasteiger partial charge in [0.15, 0.2) is 0 Å². The van der Waals surface area contributed by atoms with E-state index in [2.05, 4.69) is 12.2 Å². The Morgan fingerprint density at radius 2 is 2.19 bits per heavy atom. The summed E-state index contributed by atoms with van der Waals surface area (Å²) in [6.07, 6.45) is 3.61. The van der Waals surface area contributed by atoms with Crippen LogP contribution in [-0.4, -0.2) is 11.5 Å². The van der Waals surface area contributed by atoms with Crippen molar-refractivity contribution < 1.29 is 0 Å². The molecule has 1 rings (SSSR count). The lowest BCUT2D eigenvalue weighted by Gasteiger charge is -2.09. The Balaban J connectivity index is 2.57. The molecule has 0 aliphatic carbocycles. The molecule has 4 heteroatoms. The first-order valence-corrected chi connectivity index (χ1v) is 6.27. The maximum Gasteiger partial charge on any atom is 0.104 e. The Hall–Kier alpha value is -0.800. The molecule has 0 saturated heterocycles. The summed E-state index contributed by atoms with van der Waals surface area (Å²) in [5.74, 6) is 0. The Kier molecular flexibility index (Phi) is 5.56. The Morgan fingerprint density at radius 1 is 1.44 bits per heavy atom. The van der Waals surface area contributed by atoms with Gasteiger partial charge in [-0.2, -0.15) is 0 Å². The topological polar surface area (TPSA) is 38.0 Å². The van der Waals surface area contributed by atoms with E-state index in [4.69, 9.17) is 29.6 Å². The molecule has 88 valence electrons. The first-order valence-electron chi connectivity index (χ1n) is 5.48. The lowest BCUT2D eigenvalue weighted by Crippen LogP contribution is -2.09. The minimum atomic E-state index is 0.374. The van der Waals surface area contributed by atoms with Crippen molar-refractivity contribution in [1.82, 2.24) is 0 Å². The molecule has 0 spiro atoms. The second-order valence-corrected chi connectivity index (χ2v) is 4.54. The number of hydrogen-bond acceptors (Lipinski definition) is 2. The van der Waals surface area contributed by atoms with Crippen molar-refractivity contribution >= 4 is 34.5 Å². The summed E-state index contributed by atoms with van der Waals surface area (Å²) in [4.78, 5) is 0.374. The monoisotopic (exact) mass is 256 g/mol. The van der Waals surface area contributed by atoms with Gasteiger partial charge in [-0.3, -0.25) is 0 Å². The fourth-order valence-electron chi connectivity index (χ4n) is 1.41. The smallest absolute Gasteiger partial charge is 0.104 e. The largest absolute Gasteiger partial charge is 0.389 e. The van der Waals surface area contributed by atoms with Crippen LogP contribution in [0.1, 0.15) is 31.7 Å². The van der Waals surface area contributed by atoms with Gasteiger partial charge in [0.25, 0.3) is 0 Å². The van der Waals surface area contributed by atoms with E-state index in [1.807, 2.05) is 12.1 Å². The number of halogens is 1. The maximum atomic E-state index is 6.11. The summed E-state index contributed by atoms with van der Waals surface area (Å²) >= 11 is 11.0. The number of hydrogen-bond donors (Lipinski definition) is 2. The van der Waals surface area contributed by atoms with Gasteiger partial charge in [-0.15, -0.1) is 0 Å². The van der Waals surface area contributed by atoms with Crippen LogP contribution in [0.4, 0.5) is 5.69 Å². The number of unbranched alkanes of at least 4 members (excludes halogenated alkanes) is 2. The molecule has 0 atom stereocenters. The highest BCUT2D eigenvalue weighted by Crippen LogP contribution is 2.23. The van der Waals surface area contributed by atoms with Crippen LogP contribution in [0.2, 0.25) is 5.02 Å². The molecule has 1 aromatic carbocycles. The van der Waals surface area contributed by atoms with Crippen molar-refractivity contribution in [1.29, 1.82) is 0 Å². The summed E-state index contributed by atoms with van der Waals surface area (Å²) in [5.41, 5.74) is 7.27. The van der Waals surface area contributed by atoms with Crippen molar-refractivity contribution in [3.8, 4) is 0 Å². The molecule has 0 fully saturated rings. The average molecular weight is 257 g/mol. The molecule has 0 saturated carbocycles. The molecule has 0 aliphatic rings. The normalized spacial score (nSPS) is 10.1. The summed E-state index contributed by atoms with van der Waals surface area (Å²) in [6.45, 7) is 3.13. The van der Waals surface area contributed by atoms with Gasteiger partial charge in [-0.05, 0) is 24.6 Å². The van der Waals surface area contributed by atoms with Gasteiger partial charge >= 0.3 is 0 Å². The molecule has 0 bridgehead atoms. The molecule has 3 N–H and O–H groups in total. The van der Waals surface area contributed by atoms with Gasteiger partial charge in [0, 0.05) is 12.1 Å². The second kappa shape index (κ2) is 6.71. The van der Waals surface area contributed by atoms with Crippen LogP contribution in [0.15, 0.2) is 18.2 Å². The fraction of sp³-hybridized carbons (Fsp3) is 0.417. The van der Waals surface area contributed by atoms with Crippen LogP contribution in [0.3, 0.4) is 0 Å². The Morgan fingerprint density at radius 3 is 2.75 bits per heavy atom. The molecule has 0 heterocycles. The first kappa shape index (κ1) is 13.3. The van der Waals surface area contributed by atoms with Gasteiger partial charge in [0.2, 0.25) is 0 Å². The van der Waals surface area contributed by atoms with Crippen LogP contribution in [-0.2, 0) is 0 Å². The molecule has 0 amide bonds. The van der Waals surface area contributed by atoms with Crippen molar-refractivity contribution in [2.45, 2.75) is 26.2 Å². The molecule has 2 nitrogen and oxygen atoms in total. The first-order chi connectivity index (χ1) is 7.65. The van der Waals surface area contributed by atoms with E-state index in [0.29, 0.717) is 10.0 Å². The van der Waals surface area contributed by atoms with E-state index in [9.17, 15) is 0 Å². The zero-order valence-corrected chi connectivity index (χ0v) is 11.0.